The lowest BCUT2D eigenvalue weighted by Crippen LogP contribution is -2.24. The molecule has 0 aliphatic carbocycles. The molecular formula is C13H13FN2O3S2. The molecule has 0 unspecified atom stereocenters. The van der Waals surface area contributed by atoms with Crippen molar-refractivity contribution in [2.75, 3.05) is 0 Å². The minimum Gasteiger partial charge on any atom is -0.351 e. The molecule has 2 aromatic rings. The number of hydrogen-bond donors (Lipinski definition) is 2. The van der Waals surface area contributed by atoms with Crippen molar-refractivity contribution >= 4 is 27.3 Å². The van der Waals surface area contributed by atoms with Gasteiger partial charge in [-0.05, 0) is 29.8 Å². The fraction of sp³-hybridized carbons (Fsp3) is 0.154. The summed E-state index contributed by atoms with van der Waals surface area (Å²) in [6.45, 7) is 0.222. The van der Waals surface area contributed by atoms with Gasteiger partial charge in [-0.15, -0.1) is 11.3 Å². The predicted octanol–water partition coefficient (Wildman–Crippen LogP) is 1.39. The SMILES string of the molecule is NS(=O)(=O)c1ccc(CNC(=O)Cc2ccc(F)cc2)s1. The normalized spacial score (nSPS) is 11.3. The Kier molecular flexibility index (Phi) is 4.71. The lowest BCUT2D eigenvalue weighted by molar-refractivity contribution is -0.120. The Labute approximate surface area is 125 Å². The number of thiophene rings is 1. The first-order chi connectivity index (χ1) is 9.84. The van der Waals surface area contributed by atoms with E-state index in [0.717, 1.165) is 11.3 Å². The maximum atomic E-state index is 12.7. The first kappa shape index (κ1) is 15.6. The van der Waals surface area contributed by atoms with E-state index in [1.54, 1.807) is 18.2 Å². The van der Waals surface area contributed by atoms with Gasteiger partial charge in [0.1, 0.15) is 10.0 Å². The highest BCUT2D eigenvalue weighted by Crippen LogP contribution is 2.19. The number of halogens is 1. The summed E-state index contributed by atoms with van der Waals surface area (Å²) >= 11 is 1.01. The van der Waals surface area contributed by atoms with E-state index in [1.165, 1.54) is 18.2 Å². The van der Waals surface area contributed by atoms with Crippen LogP contribution in [0, 0.1) is 5.82 Å². The minimum absolute atomic E-state index is 0.0604. The maximum absolute atomic E-state index is 12.7. The van der Waals surface area contributed by atoms with Crippen LogP contribution in [0.4, 0.5) is 4.39 Å². The van der Waals surface area contributed by atoms with Gasteiger partial charge in [0.25, 0.3) is 0 Å². The van der Waals surface area contributed by atoms with Gasteiger partial charge in [-0.2, -0.15) is 0 Å². The number of hydrogen-bond acceptors (Lipinski definition) is 4. The molecule has 0 fully saturated rings. The van der Waals surface area contributed by atoms with Gasteiger partial charge in [0.15, 0.2) is 0 Å². The molecule has 0 saturated heterocycles. The van der Waals surface area contributed by atoms with Crippen LogP contribution in [-0.4, -0.2) is 14.3 Å². The molecule has 0 aliphatic rings. The average Bonchev–Trinajstić information content (AvgIpc) is 2.88. The fourth-order valence-corrected chi connectivity index (χ4v) is 3.36. The largest absolute Gasteiger partial charge is 0.351 e. The number of carbonyl (C=O) groups excluding carboxylic acids is 1. The second-order valence-corrected chi connectivity index (χ2v) is 7.30. The van der Waals surface area contributed by atoms with Crippen LogP contribution >= 0.6 is 11.3 Å². The highest BCUT2D eigenvalue weighted by molar-refractivity contribution is 7.91. The van der Waals surface area contributed by atoms with E-state index in [9.17, 15) is 17.6 Å². The molecule has 1 aromatic heterocycles. The smallest absolute Gasteiger partial charge is 0.247 e. The topological polar surface area (TPSA) is 89.3 Å². The molecular weight excluding hydrogens is 315 g/mol. The second kappa shape index (κ2) is 6.33. The van der Waals surface area contributed by atoms with Crippen molar-refractivity contribution in [3.63, 3.8) is 0 Å². The molecule has 5 nitrogen and oxygen atoms in total. The fourth-order valence-electron chi connectivity index (χ4n) is 1.64. The Hall–Kier alpha value is -1.77. The van der Waals surface area contributed by atoms with Crippen molar-refractivity contribution in [3.8, 4) is 0 Å². The number of amides is 1. The van der Waals surface area contributed by atoms with E-state index in [0.29, 0.717) is 10.4 Å². The zero-order chi connectivity index (χ0) is 15.5. The first-order valence-electron chi connectivity index (χ1n) is 5.97. The predicted molar refractivity (Wildman–Crippen MR) is 77.6 cm³/mol. The van der Waals surface area contributed by atoms with Crippen LogP contribution in [-0.2, 0) is 27.8 Å². The van der Waals surface area contributed by atoms with Crippen molar-refractivity contribution in [2.24, 2.45) is 5.14 Å². The first-order valence-corrected chi connectivity index (χ1v) is 8.33. The Morgan fingerprint density at radius 1 is 1.19 bits per heavy atom. The van der Waals surface area contributed by atoms with E-state index in [1.807, 2.05) is 0 Å². The molecule has 0 bridgehead atoms. The van der Waals surface area contributed by atoms with E-state index in [-0.39, 0.29) is 28.9 Å². The summed E-state index contributed by atoms with van der Waals surface area (Å²) in [7, 11) is -3.70. The second-order valence-electron chi connectivity index (χ2n) is 4.35. The standard InChI is InChI=1S/C13H13FN2O3S2/c14-10-3-1-9(2-4-10)7-12(17)16-8-11-5-6-13(20-11)21(15,18)19/h1-6H,7-8H2,(H,16,17)(H2,15,18,19). The van der Waals surface area contributed by atoms with Crippen LogP contribution in [0.15, 0.2) is 40.6 Å². The van der Waals surface area contributed by atoms with Crippen LogP contribution < -0.4 is 10.5 Å². The van der Waals surface area contributed by atoms with Gasteiger partial charge in [-0.3, -0.25) is 4.79 Å². The monoisotopic (exact) mass is 328 g/mol. The van der Waals surface area contributed by atoms with Gasteiger partial charge >= 0.3 is 0 Å². The number of rotatable bonds is 5. The van der Waals surface area contributed by atoms with Crippen LogP contribution in [0.3, 0.4) is 0 Å². The van der Waals surface area contributed by atoms with Crippen molar-refractivity contribution < 1.29 is 17.6 Å². The van der Waals surface area contributed by atoms with Crippen molar-refractivity contribution in [1.82, 2.24) is 5.32 Å². The van der Waals surface area contributed by atoms with E-state index < -0.39 is 10.0 Å². The van der Waals surface area contributed by atoms with Gasteiger partial charge in [0.2, 0.25) is 15.9 Å². The number of sulfonamides is 1. The van der Waals surface area contributed by atoms with Gasteiger partial charge in [0.05, 0.1) is 13.0 Å². The summed E-state index contributed by atoms with van der Waals surface area (Å²) in [5, 5.41) is 7.67. The zero-order valence-electron chi connectivity index (χ0n) is 10.9. The highest BCUT2D eigenvalue weighted by Gasteiger charge is 2.11. The molecule has 1 amide bonds. The lowest BCUT2D eigenvalue weighted by atomic mass is 10.1. The van der Waals surface area contributed by atoms with Crippen LogP contribution in [0.25, 0.3) is 0 Å². The Balaban J connectivity index is 1.89. The van der Waals surface area contributed by atoms with E-state index in [2.05, 4.69) is 5.32 Å². The van der Waals surface area contributed by atoms with Crippen LogP contribution in [0.2, 0.25) is 0 Å². The molecule has 0 spiro atoms. The van der Waals surface area contributed by atoms with Crippen LogP contribution in [0.5, 0.6) is 0 Å². The number of nitrogens with two attached hydrogens (primary N) is 1. The molecule has 0 radical (unpaired) electrons. The third kappa shape index (κ3) is 4.62. The Morgan fingerprint density at radius 2 is 1.86 bits per heavy atom. The number of primary sulfonamides is 1. The summed E-state index contributed by atoms with van der Waals surface area (Å²) in [5.41, 5.74) is 0.699. The van der Waals surface area contributed by atoms with Gasteiger partial charge in [-0.1, -0.05) is 12.1 Å². The molecule has 1 aromatic carbocycles. The third-order valence-electron chi connectivity index (χ3n) is 2.66. The Morgan fingerprint density at radius 3 is 2.43 bits per heavy atom. The molecule has 112 valence electrons. The average molecular weight is 328 g/mol. The number of carbonyl (C=O) groups is 1. The Bertz CT molecular complexity index is 739. The molecule has 0 aliphatic heterocycles. The van der Waals surface area contributed by atoms with Gasteiger partial charge < -0.3 is 5.32 Å². The lowest BCUT2D eigenvalue weighted by Gasteiger charge is -2.03. The molecule has 21 heavy (non-hydrogen) atoms. The molecule has 3 N–H and O–H groups in total. The maximum Gasteiger partial charge on any atom is 0.247 e. The number of nitrogens with one attached hydrogen (secondary N) is 1. The summed E-state index contributed by atoms with van der Waals surface area (Å²) in [5.74, 6) is -0.583. The van der Waals surface area contributed by atoms with E-state index >= 15 is 0 Å². The minimum atomic E-state index is -3.70. The van der Waals surface area contributed by atoms with Crippen LogP contribution in [0.1, 0.15) is 10.4 Å². The third-order valence-corrected chi connectivity index (χ3v) is 5.18. The quantitative estimate of drug-likeness (QED) is 0.869. The molecule has 8 heteroatoms. The molecule has 0 atom stereocenters. The van der Waals surface area contributed by atoms with Crippen molar-refractivity contribution in [1.29, 1.82) is 0 Å². The highest BCUT2D eigenvalue weighted by atomic mass is 32.2. The molecule has 1 heterocycles. The van der Waals surface area contributed by atoms with Gasteiger partial charge in [-0.25, -0.2) is 17.9 Å². The van der Waals surface area contributed by atoms with Gasteiger partial charge in [0, 0.05) is 4.88 Å². The van der Waals surface area contributed by atoms with E-state index in [4.69, 9.17) is 5.14 Å². The number of benzene rings is 1. The van der Waals surface area contributed by atoms with Crippen molar-refractivity contribution in [2.45, 2.75) is 17.2 Å². The summed E-state index contributed by atoms with van der Waals surface area (Å²) in [6.07, 6.45) is 0.133. The zero-order valence-corrected chi connectivity index (χ0v) is 12.5. The van der Waals surface area contributed by atoms with Crippen molar-refractivity contribution in [3.05, 3.63) is 52.7 Å². The molecule has 2 rings (SSSR count). The summed E-state index contributed by atoms with van der Waals surface area (Å²) in [4.78, 5) is 12.4. The summed E-state index contributed by atoms with van der Waals surface area (Å²) in [6, 6.07) is 8.67. The summed E-state index contributed by atoms with van der Waals surface area (Å²) < 4.78 is 35.0. The molecule has 0 saturated carbocycles.